The molecule has 0 aromatic carbocycles. The van der Waals surface area contributed by atoms with Crippen molar-refractivity contribution < 1.29 is 19.0 Å². The van der Waals surface area contributed by atoms with E-state index in [1.54, 1.807) is 0 Å². The molecular formula is C11H16O4. The van der Waals surface area contributed by atoms with E-state index in [-0.39, 0.29) is 12.1 Å². The third-order valence-electron chi connectivity index (χ3n) is 2.48. The molecule has 2 rings (SSSR count). The predicted octanol–water partition coefficient (Wildman–Crippen LogP) is 1.05. The van der Waals surface area contributed by atoms with E-state index in [0.717, 1.165) is 18.6 Å². The second kappa shape index (κ2) is 4.77. The molecule has 0 aromatic rings. The Labute approximate surface area is 89.2 Å². The maximum Gasteiger partial charge on any atom is 0.333 e. The van der Waals surface area contributed by atoms with Gasteiger partial charge in [0, 0.05) is 5.57 Å². The van der Waals surface area contributed by atoms with Crippen LogP contribution in [-0.4, -0.2) is 38.0 Å². The molecule has 4 heteroatoms. The molecule has 2 atom stereocenters. The normalized spacial score (nSPS) is 28.7. The Morgan fingerprint density at radius 1 is 1.40 bits per heavy atom. The minimum absolute atomic E-state index is 0.138. The Balaban J connectivity index is 1.74. The van der Waals surface area contributed by atoms with Crippen LogP contribution in [0.1, 0.15) is 19.8 Å². The van der Waals surface area contributed by atoms with Crippen molar-refractivity contribution in [2.75, 3.05) is 19.8 Å². The third kappa shape index (κ3) is 3.64. The highest BCUT2D eigenvalue weighted by Crippen LogP contribution is 2.17. The molecule has 0 aliphatic carbocycles. The summed E-state index contributed by atoms with van der Waals surface area (Å²) in [5.41, 5.74) is 0.742. The van der Waals surface area contributed by atoms with Crippen molar-refractivity contribution in [2.45, 2.75) is 32.0 Å². The highest BCUT2D eigenvalue weighted by atomic mass is 16.6. The summed E-state index contributed by atoms with van der Waals surface area (Å²) in [6.45, 7) is 3.87. The van der Waals surface area contributed by atoms with Crippen molar-refractivity contribution in [3.05, 3.63) is 11.6 Å². The summed E-state index contributed by atoms with van der Waals surface area (Å²) < 4.78 is 15.1. The van der Waals surface area contributed by atoms with Gasteiger partial charge in [0.25, 0.3) is 0 Å². The molecule has 0 radical (unpaired) electrons. The standard InChI is InChI=1S/C11H16O4/c1-2-8(3-4-9-5-13-9)11(12)15-7-10-6-14-10/h3,9-10H,2,4-7H2,1H3. The molecule has 15 heavy (non-hydrogen) atoms. The Hall–Kier alpha value is -0.870. The van der Waals surface area contributed by atoms with Crippen molar-refractivity contribution >= 4 is 5.97 Å². The average molecular weight is 212 g/mol. The van der Waals surface area contributed by atoms with Crippen LogP contribution in [0, 0.1) is 0 Å². The zero-order valence-corrected chi connectivity index (χ0v) is 8.90. The van der Waals surface area contributed by atoms with E-state index in [4.69, 9.17) is 14.2 Å². The number of hydrogen-bond donors (Lipinski definition) is 0. The molecule has 0 aromatic heterocycles. The van der Waals surface area contributed by atoms with Gasteiger partial charge in [0.1, 0.15) is 12.7 Å². The van der Waals surface area contributed by atoms with Gasteiger partial charge < -0.3 is 14.2 Å². The van der Waals surface area contributed by atoms with E-state index in [0.29, 0.717) is 25.7 Å². The quantitative estimate of drug-likeness (QED) is 0.375. The SMILES string of the molecule is CCC(=CCC1CO1)C(=O)OCC1CO1. The lowest BCUT2D eigenvalue weighted by molar-refractivity contribution is -0.139. The van der Waals surface area contributed by atoms with Crippen molar-refractivity contribution in [3.8, 4) is 0 Å². The largest absolute Gasteiger partial charge is 0.459 e. The van der Waals surface area contributed by atoms with E-state index >= 15 is 0 Å². The van der Waals surface area contributed by atoms with Crippen LogP contribution in [0.5, 0.6) is 0 Å². The highest BCUT2D eigenvalue weighted by Gasteiger charge is 2.25. The van der Waals surface area contributed by atoms with Gasteiger partial charge in [-0.05, 0) is 12.8 Å². The summed E-state index contributed by atoms with van der Waals surface area (Å²) in [6, 6.07) is 0. The minimum atomic E-state index is -0.214. The first-order valence-electron chi connectivity index (χ1n) is 5.39. The van der Waals surface area contributed by atoms with Crippen LogP contribution in [-0.2, 0) is 19.0 Å². The number of carbonyl (C=O) groups is 1. The van der Waals surface area contributed by atoms with Gasteiger partial charge in [-0.3, -0.25) is 0 Å². The van der Waals surface area contributed by atoms with Gasteiger partial charge in [-0.2, -0.15) is 0 Å². The zero-order valence-electron chi connectivity index (χ0n) is 8.90. The fraction of sp³-hybridized carbons (Fsp3) is 0.727. The van der Waals surface area contributed by atoms with Gasteiger partial charge in [-0.25, -0.2) is 4.79 Å². The molecule has 0 bridgehead atoms. The molecule has 0 spiro atoms. The lowest BCUT2D eigenvalue weighted by atomic mass is 10.1. The Kier molecular flexibility index (Phi) is 3.38. The molecule has 2 unspecified atom stereocenters. The maximum atomic E-state index is 11.6. The smallest absolute Gasteiger partial charge is 0.333 e. The first-order chi connectivity index (χ1) is 7.29. The Bertz CT molecular complexity index is 264. The van der Waals surface area contributed by atoms with Gasteiger partial charge in [0.05, 0.1) is 19.3 Å². The Morgan fingerprint density at radius 3 is 2.60 bits per heavy atom. The second-order valence-corrected chi connectivity index (χ2v) is 3.83. The number of ether oxygens (including phenoxy) is 3. The number of epoxide rings is 2. The summed E-state index contributed by atoms with van der Waals surface area (Å²) in [5, 5.41) is 0. The number of hydrogen-bond acceptors (Lipinski definition) is 4. The highest BCUT2D eigenvalue weighted by molar-refractivity contribution is 5.88. The number of rotatable bonds is 6. The van der Waals surface area contributed by atoms with Gasteiger partial charge in [-0.1, -0.05) is 13.0 Å². The first kappa shape index (κ1) is 10.6. The van der Waals surface area contributed by atoms with Crippen molar-refractivity contribution in [1.82, 2.24) is 0 Å². The molecule has 2 fully saturated rings. The van der Waals surface area contributed by atoms with Gasteiger partial charge in [0.15, 0.2) is 0 Å². The monoisotopic (exact) mass is 212 g/mol. The van der Waals surface area contributed by atoms with Crippen LogP contribution in [0.3, 0.4) is 0 Å². The molecule has 2 saturated heterocycles. The number of esters is 1. The summed E-state index contributed by atoms with van der Waals surface area (Å²) >= 11 is 0. The summed E-state index contributed by atoms with van der Waals surface area (Å²) in [4.78, 5) is 11.6. The second-order valence-electron chi connectivity index (χ2n) is 3.83. The van der Waals surface area contributed by atoms with Crippen LogP contribution in [0.2, 0.25) is 0 Å². The summed E-state index contributed by atoms with van der Waals surface area (Å²) in [5.74, 6) is -0.214. The molecule has 2 aliphatic rings. The maximum absolute atomic E-state index is 11.6. The molecule has 0 N–H and O–H groups in total. The minimum Gasteiger partial charge on any atom is -0.459 e. The molecular weight excluding hydrogens is 196 g/mol. The van der Waals surface area contributed by atoms with Crippen LogP contribution in [0.25, 0.3) is 0 Å². The van der Waals surface area contributed by atoms with Crippen LogP contribution in [0.4, 0.5) is 0 Å². The van der Waals surface area contributed by atoms with Crippen LogP contribution >= 0.6 is 0 Å². The van der Waals surface area contributed by atoms with E-state index < -0.39 is 0 Å². The van der Waals surface area contributed by atoms with Crippen LogP contribution < -0.4 is 0 Å². The van der Waals surface area contributed by atoms with Gasteiger partial charge in [0.2, 0.25) is 0 Å². The lowest BCUT2D eigenvalue weighted by Crippen LogP contribution is -2.12. The fourth-order valence-corrected chi connectivity index (χ4v) is 1.28. The molecule has 0 amide bonds. The molecule has 2 heterocycles. The Morgan fingerprint density at radius 2 is 2.07 bits per heavy atom. The topological polar surface area (TPSA) is 51.4 Å². The lowest BCUT2D eigenvalue weighted by Gasteiger charge is -2.04. The predicted molar refractivity (Wildman–Crippen MR) is 53.4 cm³/mol. The molecule has 84 valence electrons. The first-order valence-corrected chi connectivity index (χ1v) is 5.39. The van der Waals surface area contributed by atoms with Gasteiger partial charge >= 0.3 is 5.97 Å². The van der Waals surface area contributed by atoms with Crippen molar-refractivity contribution in [2.24, 2.45) is 0 Å². The fourth-order valence-electron chi connectivity index (χ4n) is 1.28. The molecule has 4 nitrogen and oxygen atoms in total. The van der Waals surface area contributed by atoms with E-state index in [1.807, 2.05) is 13.0 Å². The molecule has 2 aliphatic heterocycles. The number of carbonyl (C=O) groups excluding carboxylic acids is 1. The van der Waals surface area contributed by atoms with E-state index in [2.05, 4.69) is 0 Å². The van der Waals surface area contributed by atoms with Gasteiger partial charge in [-0.15, -0.1) is 0 Å². The van der Waals surface area contributed by atoms with Crippen molar-refractivity contribution in [3.63, 3.8) is 0 Å². The summed E-state index contributed by atoms with van der Waals surface area (Å²) in [7, 11) is 0. The van der Waals surface area contributed by atoms with E-state index in [9.17, 15) is 4.79 Å². The third-order valence-corrected chi connectivity index (χ3v) is 2.48. The zero-order chi connectivity index (χ0) is 10.7. The van der Waals surface area contributed by atoms with E-state index in [1.165, 1.54) is 0 Å². The molecule has 0 saturated carbocycles. The average Bonchev–Trinajstić information content (AvgIpc) is 3.10. The van der Waals surface area contributed by atoms with Crippen molar-refractivity contribution in [1.29, 1.82) is 0 Å². The van der Waals surface area contributed by atoms with Crippen LogP contribution in [0.15, 0.2) is 11.6 Å². The summed E-state index contributed by atoms with van der Waals surface area (Å²) in [6.07, 6.45) is 3.91.